The summed E-state index contributed by atoms with van der Waals surface area (Å²) in [5.74, 6) is 0.766. The Kier molecular flexibility index (Phi) is 5.54. The first-order chi connectivity index (χ1) is 8.16. The quantitative estimate of drug-likeness (QED) is 0.703. The molecule has 1 fully saturated rings. The van der Waals surface area contributed by atoms with Crippen LogP contribution in [0.15, 0.2) is 13.6 Å². The van der Waals surface area contributed by atoms with Gasteiger partial charge in [0.15, 0.2) is 5.78 Å². The second-order valence-electron chi connectivity index (χ2n) is 3.78. The van der Waals surface area contributed by atoms with Crippen molar-refractivity contribution >= 4 is 60.7 Å². The normalized spacial score (nSPS) is 17.3. The van der Waals surface area contributed by atoms with Gasteiger partial charge in [-0.2, -0.15) is 11.8 Å². The largest absolute Gasteiger partial charge is 0.381 e. The fraction of sp³-hybridized carbons (Fsp3) is 0.545. The third-order valence-corrected chi connectivity index (χ3v) is 6.29. The predicted octanol–water partition coefficient (Wildman–Crippen LogP) is 4.37. The number of hydrogen-bond donors (Lipinski definition) is 0. The smallest absolute Gasteiger partial charge is 0.174 e. The Morgan fingerprint density at radius 3 is 2.76 bits per heavy atom. The maximum atomic E-state index is 12.0. The highest BCUT2D eigenvalue weighted by molar-refractivity contribution is 9.12. The van der Waals surface area contributed by atoms with Gasteiger partial charge in [-0.15, -0.1) is 11.3 Å². The van der Waals surface area contributed by atoms with Crippen LogP contribution in [0.25, 0.3) is 0 Å². The van der Waals surface area contributed by atoms with Crippen molar-refractivity contribution in [3.8, 4) is 0 Å². The van der Waals surface area contributed by atoms with Crippen molar-refractivity contribution in [2.45, 2.75) is 18.1 Å². The summed E-state index contributed by atoms with van der Waals surface area (Å²) in [6.45, 7) is 1.67. The number of halogens is 2. The second kappa shape index (κ2) is 6.70. The average Bonchev–Trinajstić information content (AvgIpc) is 2.67. The fourth-order valence-corrected chi connectivity index (χ4v) is 5.57. The van der Waals surface area contributed by atoms with Gasteiger partial charge in [-0.1, -0.05) is 0 Å². The monoisotopic (exact) mass is 398 g/mol. The van der Waals surface area contributed by atoms with Crippen LogP contribution in [-0.4, -0.2) is 30.0 Å². The van der Waals surface area contributed by atoms with Gasteiger partial charge in [0.25, 0.3) is 0 Å². The van der Waals surface area contributed by atoms with E-state index in [4.69, 9.17) is 4.74 Å². The molecule has 0 bridgehead atoms. The van der Waals surface area contributed by atoms with Crippen LogP contribution in [0.3, 0.4) is 0 Å². The molecule has 1 aliphatic rings. The Hall–Kier alpha value is 0.640. The number of ether oxygens (including phenoxy) is 1. The summed E-state index contributed by atoms with van der Waals surface area (Å²) in [5, 5.41) is 0.577. The molecule has 0 unspecified atom stereocenters. The molecule has 0 saturated carbocycles. The summed E-state index contributed by atoms with van der Waals surface area (Å²) in [4.78, 5) is 12.0. The van der Waals surface area contributed by atoms with Crippen LogP contribution in [-0.2, 0) is 4.74 Å². The highest BCUT2D eigenvalue weighted by atomic mass is 79.9. The summed E-state index contributed by atoms with van der Waals surface area (Å²) in [6, 6.07) is 1.89. The molecule has 17 heavy (non-hydrogen) atoms. The van der Waals surface area contributed by atoms with E-state index in [2.05, 4.69) is 31.9 Å². The van der Waals surface area contributed by atoms with E-state index in [1.165, 1.54) is 0 Å². The van der Waals surface area contributed by atoms with Gasteiger partial charge in [-0.3, -0.25) is 4.79 Å². The Morgan fingerprint density at radius 1 is 1.47 bits per heavy atom. The summed E-state index contributed by atoms with van der Waals surface area (Å²) >= 11 is 10.1. The number of rotatable bonds is 4. The van der Waals surface area contributed by atoms with Crippen LogP contribution >= 0.6 is 55.0 Å². The highest BCUT2D eigenvalue weighted by Crippen LogP contribution is 2.33. The van der Waals surface area contributed by atoms with Crippen LogP contribution < -0.4 is 0 Å². The van der Waals surface area contributed by atoms with Gasteiger partial charge in [0.1, 0.15) is 0 Å². The summed E-state index contributed by atoms with van der Waals surface area (Å²) in [7, 11) is 0. The number of carbonyl (C=O) groups excluding carboxylic acids is 1. The number of thioether (sulfide) groups is 1. The average molecular weight is 400 g/mol. The fourth-order valence-electron chi connectivity index (χ4n) is 1.64. The maximum Gasteiger partial charge on any atom is 0.174 e. The minimum atomic E-state index is 0.204. The number of ketones is 1. The number of carbonyl (C=O) groups is 1. The van der Waals surface area contributed by atoms with Crippen molar-refractivity contribution in [2.24, 2.45) is 0 Å². The Balaban J connectivity index is 1.86. The summed E-state index contributed by atoms with van der Waals surface area (Å²) < 4.78 is 7.21. The number of Topliss-reactive ketones (excluding diaryl/α,β-unsaturated/α-hetero) is 1. The lowest BCUT2D eigenvalue weighted by molar-refractivity contribution is 0.0988. The Bertz CT molecular complexity index is 400. The van der Waals surface area contributed by atoms with Crippen molar-refractivity contribution in [1.29, 1.82) is 0 Å². The number of hydrogen-bond acceptors (Lipinski definition) is 4. The van der Waals surface area contributed by atoms with Crippen LogP contribution in [0.2, 0.25) is 0 Å². The zero-order valence-electron chi connectivity index (χ0n) is 9.08. The van der Waals surface area contributed by atoms with E-state index in [-0.39, 0.29) is 5.78 Å². The molecular weight excluding hydrogens is 388 g/mol. The van der Waals surface area contributed by atoms with Crippen molar-refractivity contribution in [3.05, 3.63) is 19.2 Å². The van der Waals surface area contributed by atoms with Crippen molar-refractivity contribution < 1.29 is 9.53 Å². The first-order valence-corrected chi connectivity index (χ1v) is 8.79. The van der Waals surface area contributed by atoms with Gasteiger partial charge in [0.05, 0.1) is 13.3 Å². The van der Waals surface area contributed by atoms with Crippen molar-refractivity contribution in [1.82, 2.24) is 0 Å². The third kappa shape index (κ3) is 4.06. The lowest BCUT2D eigenvalue weighted by Crippen LogP contribution is -2.19. The molecule has 94 valence electrons. The van der Waals surface area contributed by atoms with Crippen LogP contribution in [0, 0.1) is 0 Å². The minimum absolute atomic E-state index is 0.204. The molecule has 0 spiro atoms. The topological polar surface area (TPSA) is 26.3 Å². The van der Waals surface area contributed by atoms with E-state index in [1.807, 2.05) is 6.07 Å². The molecule has 0 N–H and O–H groups in total. The first kappa shape index (κ1) is 14.1. The standard InChI is InChI=1S/C11H12Br2O2S2/c12-10-5-8(11(13)17-10)9(14)6-16-7-1-3-15-4-2-7/h5,7H,1-4,6H2. The lowest BCUT2D eigenvalue weighted by atomic mass is 10.2. The van der Waals surface area contributed by atoms with Crippen LogP contribution in [0.5, 0.6) is 0 Å². The molecule has 0 aromatic carbocycles. The lowest BCUT2D eigenvalue weighted by Gasteiger charge is -2.20. The minimum Gasteiger partial charge on any atom is -0.381 e. The van der Waals surface area contributed by atoms with E-state index in [9.17, 15) is 4.79 Å². The van der Waals surface area contributed by atoms with Gasteiger partial charge < -0.3 is 4.74 Å². The van der Waals surface area contributed by atoms with Gasteiger partial charge in [-0.25, -0.2) is 0 Å². The van der Waals surface area contributed by atoms with Gasteiger partial charge >= 0.3 is 0 Å². The zero-order chi connectivity index (χ0) is 12.3. The highest BCUT2D eigenvalue weighted by Gasteiger charge is 2.18. The molecule has 6 heteroatoms. The maximum absolute atomic E-state index is 12.0. The van der Waals surface area contributed by atoms with E-state index in [0.717, 1.165) is 39.2 Å². The van der Waals surface area contributed by atoms with Gasteiger partial charge in [0, 0.05) is 24.0 Å². The molecule has 0 amide bonds. The third-order valence-electron chi connectivity index (χ3n) is 2.58. The molecule has 2 nitrogen and oxygen atoms in total. The molecule has 0 radical (unpaired) electrons. The van der Waals surface area contributed by atoms with Gasteiger partial charge in [-0.05, 0) is 50.8 Å². The molecule has 0 aliphatic carbocycles. The van der Waals surface area contributed by atoms with Crippen LogP contribution in [0.4, 0.5) is 0 Å². The van der Waals surface area contributed by atoms with E-state index in [1.54, 1.807) is 23.1 Å². The predicted molar refractivity (Wildman–Crippen MR) is 80.3 cm³/mol. The molecule has 1 saturated heterocycles. The zero-order valence-corrected chi connectivity index (χ0v) is 13.9. The molecule has 0 atom stereocenters. The molecule has 2 rings (SSSR count). The molecule has 1 aromatic heterocycles. The number of thiophene rings is 1. The van der Waals surface area contributed by atoms with E-state index in [0.29, 0.717) is 11.0 Å². The molecular formula is C11H12Br2O2S2. The van der Waals surface area contributed by atoms with Crippen LogP contribution in [0.1, 0.15) is 23.2 Å². The van der Waals surface area contributed by atoms with Crippen molar-refractivity contribution in [2.75, 3.05) is 19.0 Å². The van der Waals surface area contributed by atoms with E-state index >= 15 is 0 Å². The summed E-state index contributed by atoms with van der Waals surface area (Å²) in [6.07, 6.45) is 2.12. The van der Waals surface area contributed by atoms with Crippen molar-refractivity contribution in [3.63, 3.8) is 0 Å². The molecule has 2 heterocycles. The Morgan fingerprint density at radius 2 is 2.18 bits per heavy atom. The molecule has 1 aromatic rings. The summed E-state index contributed by atoms with van der Waals surface area (Å²) in [5.41, 5.74) is 0.793. The molecule has 1 aliphatic heterocycles. The van der Waals surface area contributed by atoms with Gasteiger partial charge in [0.2, 0.25) is 0 Å². The SMILES string of the molecule is O=C(CSC1CCOCC1)c1cc(Br)sc1Br. The second-order valence-corrected chi connectivity index (χ2v) is 8.82. The first-order valence-electron chi connectivity index (χ1n) is 5.34. The van der Waals surface area contributed by atoms with E-state index < -0.39 is 0 Å². The Labute approximate surface area is 126 Å².